The SMILES string of the molecule is COCCCCn1c(C)c(S(=O)(=O)Cl)c2ccccc21. The van der Waals surface area contributed by atoms with Gasteiger partial charge in [0.2, 0.25) is 0 Å². The van der Waals surface area contributed by atoms with Crippen molar-refractivity contribution >= 4 is 30.6 Å². The first-order valence-electron chi connectivity index (χ1n) is 6.48. The molecule has 0 bridgehead atoms. The van der Waals surface area contributed by atoms with E-state index in [9.17, 15) is 8.42 Å². The zero-order chi connectivity index (χ0) is 14.8. The van der Waals surface area contributed by atoms with E-state index in [0.29, 0.717) is 17.7 Å². The quantitative estimate of drug-likeness (QED) is 0.607. The summed E-state index contributed by atoms with van der Waals surface area (Å²) < 4.78 is 30.6. The van der Waals surface area contributed by atoms with E-state index in [1.54, 1.807) is 20.1 Å². The lowest BCUT2D eigenvalue weighted by Gasteiger charge is -2.08. The average molecular weight is 316 g/mol. The molecule has 4 nitrogen and oxygen atoms in total. The van der Waals surface area contributed by atoms with E-state index in [4.69, 9.17) is 15.4 Å². The molecule has 1 aromatic heterocycles. The zero-order valence-electron chi connectivity index (χ0n) is 11.6. The molecule has 2 aromatic rings. The van der Waals surface area contributed by atoms with Crippen LogP contribution < -0.4 is 0 Å². The molecule has 0 saturated heterocycles. The summed E-state index contributed by atoms with van der Waals surface area (Å²) in [5, 5.41) is 0.687. The van der Waals surface area contributed by atoms with Gasteiger partial charge in [-0.3, -0.25) is 0 Å². The summed E-state index contributed by atoms with van der Waals surface area (Å²) in [6.45, 7) is 3.26. The Labute approximate surface area is 123 Å². The maximum atomic E-state index is 11.8. The molecule has 0 atom stereocenters. The van der Waals surface area contributed by atoms with Gasteiger partial charge in [0, 0.05) is 47.5 Å². The normalized spacial score (nSPS) is 12.2. The van der Waals surface area contributed by atoms with Gasteiger partial charge in [-0.25, -0.2) is 8.42 Å². The van der Waals surface area contributed by atoms with Crippen molar-refractivity contribution in [3.63, 3.8) is 0 Å². The molecule has 1 aromatic carbocycles. The van der Waals surface area contributed by atoms with E-state index in [1.807, 2.05) is 22.8 Å². The van der Waals surface area contributed by atoms with Crippen LogP contribution in [0.2, 0.25) is 0 Å². The van der Waals surface area contributed by atoms with Crippen molar-refractivity contribution in [1.29, 1.82) is 0 Å². The molecule has 0 fully saturated rings. The molecule has 0 aliphatic carbocycles. The lowest BCUT2D eigenvalue weighted by atomic mass is 10.2. The molecule has 20 heavy (non-hydrogen) atoms. The van der Waals surface area contributed by atoms with Gasteiger partial charge in [-0.1, -0.05) is 18.2 Å². The maximum Gasteiger partial charge on any atom is 0.263 e. The first-order valence-corrected chi connectivity index (χ1v) is 8.79. The molecular weight excluding hydrogens is 298 g/mol. The van der Waals surface area contributed by atoms with Crippen LogP contribution in [-0.2, 0) is 20.3 Å². The largest absolute Gasteiger partial charge is 0.385 e. The number of ether oxygens (including phenoxy) is 1. The van der Waals surface area contributed by atoms with Gasteiger partial charge in [-0.2, -0.15) is 0 Å². The van der Waals surface area contributed by atoms with Crippen LogP contribution in [-0.4, -0.2) is 26.7 Å². The predicted molar refractivity (Wildman–Crippen MR) is 80.8 cm³/mol. The number of aromatic nitrogens is 1. The van der Waals surface area contributed by atoms with Crippen molar-refractivity contribution in [1.82, 2.24) is 4.57 Å². The molecule has 0 saturated carbocycles. The van der Waals surface area contributed by atoms with Crippen molar-refractivity contribution < 1.29 is 13.2 Å². The minimum absolute atomic E-state index is 0.224. The van der Waals surface area contributed by atoms with Gasteiger partial charge in [0.1, 0.15) is 4.90 Å². The van der Waals surface area contributed by atoms with Crippen LogP contribution >= 0.6 is 10.7 Å². The number of rotatable bonds is 6. The predicted octanol–water partition coefficient (Wildman–Crippen LogP) is 3.30. The molecule has 0 amide bonds. The Hall–Kier alpha value is -1.04. The summed E-state index contributed by atoms with van der Waals surface area (Å²) in [4.78, 5) is 0.224. The Balaban J connectivity index is 2.47. The zero-order valence-corrected chi connectivity index (χ0v) is 13.2. The molecule has 2 rings (SSSR count). The Kier molecular flexibility index (Phi) is 4.73. The fraction of sp³-hybridized carbons (Fsp3) is 0.429. The molecule has 0 unspecified atom stereocenters. The number of unbranched alkanes of at least 4 members (excludes halogenated alkanes) is 1. The number of nitrogens with zero attached hydrogens (tertiary/aromatic N) is 1. The third-order valence-electron chi connectivity index (χ3n) is 3.40. The van der Waals surface area contributed by atoms with Crippen LogP contribution in [0.15, 0.2) is 29.2 Å². The van der Waals surface area contributed by atoms with Gasteiger partial charge >= 0.3 is 0 Å². The standard InChI is InChI=1S/C14H18ClNO3S/c1-11-14(20(15,17)18)12-7-3-4-8-13(12)16(11)9-5-6-10-19-2/h3-4,7-8H,5-6,9-10H2,1-2H3. The topological polar surface area (TPSA) is 48.3 Å². The van der Waals surface area contributed by atoms with E-state index >= 15 is 0 Å². The molecule has 0 aliphatic heterocycles. The second-order valence-electron chi connectivity index (χ2n) is 4.72. The molecule has 0 spiro atoms. The Morgan fingerprint density at radius 1 is 1.25 bits per heavy atom. The Morgan fingerprint density at radius 3 is 2.60 bits per heavy atom. The molecule has 0 N–H and O–H groups in total. The van der Waals surface area contributed by atoms with Crippen molar-refractivity contribution in [2.75, 3.05) is 13.7 Å². The van der Waals surface area contributed by atoms with Crippen LogP contribution in [0.4, 0.5) is 0 Å². The van der Waals surface area contributed by atoms with Crippen LogP contribution in [0.3, 0.4) is 0 Å². The number of fused-ring (bicyclic) bond motifs is 1. The summed E-state index contributed by atoms with van der Waals surface area (Å²) in [6.07, 6.45) is 1.86. The van der Waals surface area contributed by atoms with Gasteiger partial charge in [0.05, 0.1) is 0 Å². The van der Waals surface area contributed by atoms with Gasteiger partial charge in [0.15, 0.2) is 0 Å². The first-order chi connectivity index (χ1) is 9.46. The summed E-state index contributed by atoms with van der Waals surface area (Å²) >= 11 is 0. The summed E-state index contributed by atoms with van der Waals surface area (Å²) in [5.74, 6) is 0. The lowest BCUT2D eigenvalue weighted by Crippen LogP contribution is -2.03. The fourth-order valence-corrected chi connectivity index (χ4v) is 3.99. The van der Waals surface area contributed by atoms with Gasteiger partial charge in [-0.15, -0.1) is 0 Å². The van der Waals surface area contributed by atoms with Gasteiger partial charge in [0.25, 0.3) is 9.05 Å². The van der Waals surface area contributed by atoms with Crippen LogP contribution in [0.25, 0.3) is 10.9 Å². The third-order valence-corrected chi connectivity index (χ3v) is 4.86. The van der Waals surface area contributed by atoms with E-state index < -0.39 is 9.05 Å². The minimum Gasteiger partial charge on any atom is -0.385 e. The average Bonchev–Trinajstić information content (AvgIpc) is 2.67. The number of hydrogen-bond acceptors (Lipinski definition) is 3. The highest BCUT2D eigenvalue weighted by Crippen LogP contribution is 2.32. The Morgan fingerprint density at radius 2 is 1.95 bits per heavy atom. The highest BCUT2D eigenvalue weighted by atomic mass is 35.7. The van der Waals surface area contributed by atoms with Crippen LogP contribution in [0.5, 0.6) is 0 Å². The highest BCUT2D eigenvalue weighted by Gasteiger charge is 2.22. The summed E-state index contributed by atoms with van der Waals surface area (Å²) in [5.41, 5.74) is 1.60. The lowest BCUT2D eigenvalue weighted by molar-refractivity contribution is 0.191. The van der Waals surface area contributed by atoms with Crippen LogP contribution in [0, 0.1) is 6.92 Å². The minimum atomic E-state index is -3.75. The number of halogens is 1. The highest BCUT2D eigenvalue weighted by molar-refractivity contribution is 8.14. The molecule has 6 heteroatoms. The first kappa shape index (κ1) is 15.4. The van der Waals surface area contributed by atoms with Gasteiger partial charge < -0.3 is 9.30 Å². The van der Waals surface area contributed by atoms with E-state index in [1.165, 1.54) is 0 Å². The van der Waals surface area contributed by atoms with Crippen molar-refractivity contribution in [3.8, 4) is 0 Å². The second-order valence-corrected chi connectivity index (χ2v) is 7.22. The van der Waals surface area contributed by atoms with Crippen LogP contribution in [0.1, 0.15) is 18.5 Å². The monoisotopic (exact) mass is 315 g/mol. The van der Waals surface area contributed by atoms with Gasteiger partial charge in [-0.05, 0) is 25.8 Å². The number of para-hydroxylation sites is 1. The Bertz CT molecular complexity index is 707. The molecule has 0 aliphatic rings. The van der Waals surface area contributed by atoms with E-state index in [-0.39, 0.29) is 4.90 Å². The van der Waals surface area contributed by atoms with E-state index in [0.717, 1.165) is 24.9 Å². The van der Waals surface area contributed by atoms with Crippen molar-refractivity contribution in [3.05, 3.63) is 30.0 Å². The summed E-state index contributed by atoms with van der Waals surface area (Å²) in [7, 11) is 3.51. The molecular formula is C14H18ClNO3S. The molecule has 1 heterocycles. The van der Waals surface area contributed by atoms with E-state index in [2.05, 4.69) is 0 Å². The number of hydrogen-bond donors (Lipinski definition) is 0. The molecule has 110 valence electrons. The molecule has 0 radical (unpaired) electrons. The van der Waals surface area contributed by atoms with Crippen molar-refractivity contribution in [2.45, 2.75) is 31.2 Å². The fourth-order valence-electron chi connectivity index (χ4n) is 2.51. The second kappa shape index (κ2) is 6.16. The summed E-state index contributed by atoms with van der Waals surface area (Å²) in [6, 6.07) is 7.44. The number of methoxy groups -OCH3 is 1. The maximum absolute atomic E-state index is 11.8. The number of benzene rings is 1. The third kappa shape index (κ3) is 3.00. The smallest absolute Gasteiger partial charge is 0.263 e. The number of aryl methyl sites for hydroxylation is 1. The van der Waals surface area contributed by atoms with Crippen molar-refractivity contribution in [2.24, 2.45) is 0 Å².